The lowest BCUT2D eigenvalue weighted by molar-refractivity contribution is 0.262. The molecule has 0 aliphatic carbocycles. The SMILES string of the molecule is CN(C)CCCOc1cc(NC(=O)Nc2ccc(-c3ccncc3)c3ccccc23)ccc1I.Cl. The summed E-state index contributed by atoms with van der Waals surface area (Å²) in [7, 11) is 4.09. The smallest absolute Gasteiger partial charge is 0.323 e. The predicted octanol–water partition coefficient (Wildman–Crippen LogP) is 6.90. The van der Waals surface area contributed by atoms with Crippen LogP contribution in [0.1, 0.15) is 6.42 Å². The van der Waals surface area contributed by atoms with Gasteiger partial charge in [-0.25, -0.2) is 4.79 Å². The van der Waals surface area contributed by atoms with E-state index in [0.29, 0.717) is 12.3 Å². The van der Waals surface area contributed by atoms with Crippen LogP contribution in [-0.2, 0) is 0 Å². The number of fused-ring (bicyclic) bond motifs is 1. The average Bonchev–Trinajstić information content (AvgIpc) is 2.84. The maximum Gasteiger partial charge on any atom is 0.323 e. The number of aromatic nitrogens is 1. The van der Waals surface area contributed by atoms with E-state index in [0.717, 1.165) is 49.9 Å². The van der Waals surface area contributed by atoms with Crippen LogP contribution in [0, 0.1) is 3.57 Å². The molecule has 1 heterocycles. The molecule has 0 saturated heterocycles. The lowest BCUT2D eigenvalue weighted by atomic mass is 9.98. The second kappa shape index (κ2) is 12.7. The molecule has 1 aromatic heterocycles. The number of ether oxygens (including phenoxy) is 1. The molecular weight excluding hydrogens is 575 g/mol. The van der Waals surface area contributed by atoms with Crippen LogP contribution < -0.4 is 15.4 Å². The third-order valence-electron chi connectivity index (χ3n) is 5.36. The number of amides is 2. The van der Waals surface area contributed by atoms with Gasteiger partial charge in [0.15, 0.2) is 0 Å². The highest BCUT2D eigenvalue weighted by atomic mass is 127. The molecule has 8 heteroatoms. The van der Waals surface area contributed by atoms with Gasteiger partial charge in [0.25, 0.3) is 0 Å². The zero-order chi connectivity index (χ0) is 23.9. The van der Waals surface area contributed by atoms with Crippen molar-refractivity contribution in [2.45, 2.75) is 6.42 Å². The van der Waals surface area contributed by atoms with Crippen molar-refractivity contribution >= 4 is 63.2 Å². The summed E-state index contributed by atoms with van der Waals surface area (Å²) in [6, 6.07) is 21.4. The zero-order valence-corrected chi connectivity index (χ0v) is 22.6. The van der Waals surface area contributed by atoms with Crippen LogP contribution in [0.5, 0.6) is 5.75 Å². The van der Waals surface area contributed by atoms with Gasteiger partial charge in [0.05, 0.1) is 15.9 Å². The van der Waals surface area contributed by atoms with Gasteiger partial charge in [-0.1, -0.05) is 30.3 Å². The summed E-state index contributed by atoms with van der Waals surface area (Å²) < 4.78 is 6.94. The van der Waals surface area contributed by atoms with Crippen LogP contribution in [0.3, 0.4) is 0 Å². The summed E-state index contributed by atoms with van der Waals surface area (Å²) in [6.07, 6.45) is 4.50. The second-order valence-electron chi connectivity index (χ2n) is 8.17. The number of benzene rings is 3. The standard InChI is InChI=1S/C27H27IN4O2.ClH/c1-32(2)16-5-17-34-26-18-20(8-10-24(26)28)30-27(33)31-25-11-9-21(19-12-14-29-15-13-19)22-6-3-4-7-23(22)25;/h3-4,6-15,18H,5,16-17H2,1-2H3,(H2,30,31,33);1H. The fraction of sp³-hybridized carbons (Fsp3) is 0.185. The van der Waals surface area contributed by atoms with Gasteiger partial charge in [0, 0.05) is 36.1 Å². The molecule has 0 aliphatic heterocycles. The number of hydrogen-bond acceptors (Lipinski definition) is 4. The Morgan fingerprint density at radius 2 is 1.71 bits per heavy atom. The van der Waals surface area contributed by atoms with Gasteiger partial charge in [0.1, 0.15) is 5.75 Å². The fourth-order valence-electron chi connectivity index (χ4n) is 3.73. The van der Waals surface area contributed by atoms with Crippen LogP contribution in [0.25, 0.3) is 21.9 Å². The molecule has 182 valence electrons. The number of rotatable bonds is 8. The van der Waals surface area contributed by atoms with E-state index in [1.807, 2.05) is 74.8 Å². The minimum absolute atomic E-state index is 0. The molecule has 0 radical (unpaired) electrons. The number of nitrogens with one attached hydrogen (secondary N) is 2. The number of pyridine rings is 1. The Kier molecular flexibility index (Phi) is 9.71. The average molecular weight is 603 g/mol. The van der Waals surface area contributed by atoms with Crippen LogP contribution in [0.15, 0.2) is 79.1 Å². The fourth-order valence-corrected chi connectivity index (χ4v) is 4.22. The molecule has 2 N–H and O–H groups in total. The van der Waals surface area contributed by atoms with E-state index in [-0.39, 0.29) is 18.4 Å². The normalized spacial score (nSPS) is 10.6. The van der Waals surface area contributed by atoms with Gasteiger partial charge in [-0.3, -0.25) is 4.98 Å². The molecule has 6 nitrogen and oxygen atoms in total. The first-order valence-electron chi connectivity index (χ1n) is 11.1. The molecule has 4 rings (SSSR count). The first-order valence-corrected chi connectivity index (χ1v) is 12.2. The molecule has 4 aromatic rings. The van der Waals surface area contributed by atoms with Gasteiger partial charge in [-0.05, 0) is 90.0 Å². The summed E-state index contributed by atoms with van der Waals surface area (Å²) in [5.41, 5.74) is 3.60. The Labute approximate surface area is 225 Å². The molecule has 3 aromatic carbocycles. The third-order valence-corrected chi connectivity index (χ3v) is 6.25. The topological polar surface area (TPSA) is 66.5 Å². The molecule has 0 unspecified atom stereocenters. The number of hydrogen-bond donors (Lipinski definition) is 2. The van der Waals surface area contributed by atoms with Crippen LogP contribution in [0.4, 0.5) is 16.2 Å². The van der Waals surface area contributed by atoms with Crippen molar-refractivity contribution in [3.05, 3.63) is 82.7 Å². The zero-order valence-electron chi connectivity index (χ0n) is 19.6. The summed E-state index contributed by atoms with van der Waals surface area (Å²) >= 11 is 2.24. The first-order chi connectivity index (χ1) is 16.5. The summed E-state index contributed by atoms with van der Waals surface area (Å²) in [6.45, 7) is 1.59. The lowest BCUT2D eigenvalue weighted by Crippen LogP contribution is -2.19. The second-order valence-corrected chi connectivity index (χ2v) is 9.33. The Hall–Kier alpha value is -2.88. The van der Waals surface area contributed by atoms with Crippen molar-refractivity contribution in [1.29, 1.82) is 0 Å². The maximum atomic E-state index is 12.8. The predicted molar refractivity (Wildman–Crippen MR) is 155 cm³/mol. The number of urea groups is 1. The molecule has 2 amide bonds. The monoisotopic (exact) mass is 602 g/mol. The van der Waals surface area contributed by atoms with E-state index < -0.39 is 0 Å². The summed E-state index contributed by atoms with van der Waals surface area (Å²) in [4.78, 5) is 19.1. The Morgan fingerprint density at radius 3 is 2.46 bits per heavy atom. The van der Waals surface area contributed by atoms with Gasteiger partial charge in [-0.2, -0.15) is 0 Å². The molecular formula is C27H28ClIN4O2. The highest BCUT2D eigenvalue weighted by Gasteiger charge is 2.11. The van der Waals surface area contributed by atoms with Crippen molar-refractivity contribution in [2.24, 2.45) is 0 Å². The Bertz CT molecular complexity index is 1280. The highest BCUT2D eigenvalue weighted by Crippen LogP contribution is 2.33. The molecule has 0 fully saturated rings. The van der Waals surface area contributed by atoms with E-state index in [1.165, 1.54) is 0 Å². The largest absolute Gasteiger partial charge is 0.492 e. The van der Waals surface area contributed by atoms with Gasteiger partial charge in [0.2, 0.25) is 0 Å². The maximum absolute atomic E-state index is 12.8. The van der Waals surface area contributed by atoms with Gasteiger partial charge >= 0.3 is 6.03 Å². The first kappa shape index (κ1) is 26.7. The molecule has 0 atom stereocenters. The van der Waals surface area contributed by atoms with Crippen LogP contribution in [0.2, 0.25) is 0 Å². The van der Waals surface area contributed by atoms with E-state index in [9.17, 15) is 4.79 Å². The van der Waals surface area contributed by atoms with Crippen molar-refractivity contribution in [3.8, 4) is 16.9 Å². The summed E-state index contributed by atoms with van der Waals surface area (Å²) in [5.74, 6) is 0.768. The number of anilines is 2. The highest BCUT2D eigenvalue weighted by molar-refractivity contribution is 14.1. The summed E-state index contributed by atoms with van der Waals surface area (Å²) in [5, 5.41) is 7.96. The number of carbonyl (C=O) groups excluding carboxylic acids is 1. The van der Waals surface area contributed by atoms with Crippen molar-refractivity contribution in [3.63, 3.8) is 0 Å². The van der Waals surface area contributed by atoms with E-state index >= 15 is 0 Å². The minimum atomic E-state index is -0.304. The number of halogens is 2. The Balaban J connectivity index is 0.00000342. The Morgan fingerprint density at radius 1 is 0.971 bits per heavy atom. The van der Waals surface area contributed by atoms with Crippen molar-refractivity contribution in [2.75, 3.05) is 37.9 Å². The van der Waals surface area contributed by atoms with Crippen LogP contribution >= 0.6 is 35.0 Å². The molecule has 0 aliphatic rings. The minimum Gasteiger partial charge on any atom is -0.492 e. The van der Waals surface area contributed by atoms with Crippen LogP contribution in [-0.4, -0.2) is 43.2 Å². The molecule has 0 saturated carbocycles. The van der Waals surface area contributed by atoms with E-state index in [4.69, 9.17) is 4.74 Å². The van der Waals surface area contributed by atoms with Crippen molar-refractivity contribution < 1.29 is 9.53 Å². The lowest BCUT2D eigenvalue weighted by Gasteiger charge is -2.15. The van der Waals surface area contributed by atoms with Gasteiger partial charge < -0.3 is 20.3 Å². The quantitative estimate of drug-likeness (QED) is 0.170. The molecule has 0 spiro atoms. The molecule has 35 heavy (non-hydrogen) atoms. The number of nitrogens with zero attached hydrogens (tertiary/aromatic N) is 2. The van der Waals surface area contributed by atoms with Gasteiger partial charge in [-0.15, -0.1) is 12.4 Å². The molecule has 0 bridgehead atoms. The van der Waals surface area contributed by atoms with E-state index in [2.05, 4.69) is 49.2 Å². The van der Waals surface area contributed by atoms with Crippen molar-refractivity contribution in [1.82, 2.24) is 9.88 Å². The third kappa shape index (κ3) is 7.06. The van der Waals surface area contributed by atoms with E-state index in [1.54, 1.807) is 12.4 Å². The number of carbonyl (C=O) groups is 1.